The Balaban J connectivity index is 4.21. The Morgan fingerprint density at radius 1 is 1.05 bits per heavy atom. The predicted octanol–water partition coefficient (Wildman–Crippen LogP) is 2.00. The second kappa shape index (κ2) is 9.49. The van der Waals surface area contributed by atoms with Crippen LogP contribution >= 0.6 is 7.60 Å². The summed E-state index contributed by atoms with van der Waals surface area (Å²) in [4.78, 5) is 21.5. The lowest BCUT2D eigenvalue weighted by atomic mass is 10.6. The third-order valence-corrected chi connectivity index (χ3v) is 3.72. The first-order valence-electron chi connectivity index (χ1n) is 5.44. The molecule has 0 atom stereocenters. The van der Waals surface area contributed by atoms with Gasteiger partial charge in [0.1, 0.15) is 0 Å². The van der Waals surface area contributed by atoms with Gasteiger partial charge in [-0.3, -0.25) is 13.6 Å². The van der Waals surface area contributed by atoms with Crippen molar-refractivity contribution < 1.29 is 32.7 Å². The average molecular weight is 292 g/mol. The zero-order chi connectivity index (χ0) is 14.7. The van der Waals surface area contributed by atoms with Gasteiger partial charge in [0.15, 0.2) is 0 Å². The standard InChI is InChI=1S/C11H17O7P/c1-4-7-19(14,17-8-15-10(12)5-2)18-9-16-11(13)6-3/h5-6H,2-4,7-9H2,1H3. The molecule has 0 N–H and O–H groups in total. The van der Waals surface area contributed by atoms with E-state index in [0.717, 1.165) is 12.2 Å². The van der Waals surface area contributed by atoms with Gasteiger partial charge in [0.05, 0.1) is 6.16 Å². The van der Waals surface area contributed by atoms with Gasteiger partial charge < -0.3 is 9.47 Å². The molecule has 0 aromatic heterocycles. The maximum atomic E-state index is 12.1. The Labute approximate surface area is 111 Å². The molecule has 0 aliphatic heterocycles. The van der Waals surface area contributed by atoms with Crippen LogP contribution in [-0.2, 0) is 32.7 Å². The largest absolute Gasteiger partial charge is 0.435 e. The molecule has 0 aromatic rings. The summed E-state index contributed by atoms with van der Waals surface area (Å²) in [6.45, 7) is 7.09. The van der Waals surface area contributed by atoms with Crippen LogP contribution in [0, 0.1) is 0 Å². The molecule has 7 nitrogen and oxygen atoms in total. The Hall–Kier alpha value is -1.43. The number of hydrogen-bond acceptors (Lipinski definition) is 7. The average Bonchev–Trinajstić information content (AvgIpc) is 2.38. The summed E-state index contributed by atoms with van der Waals surface area (Å²) in [7, 11) is -3.48. The molecule has 0 rings (SSSR count). The van der Waals surface area contributed by atoms with Gasteiger partial charge in [0, 0.05) is 12.2 Å². The van der Waals surface area contributed by atoms with E-state index < -0.39 is 33.1 Å². The Bertz CT molecular complexity index is 347. The van der Waals surface area contributed by atoms with Gasteiger partial charge in [-0.25, -0.2) is 9.59 Å². The molecule has 0 aliphatic carbocycles. The number of carbonyl (C=O) groups is 2. The van der Waals surface area contributed by atoms with Crippen LogP contribution in [0.25, 0.3) is 0 Å². The molecule has 108 valence electrons. The lowest BCUT2D eigenvalue weighted by molar-refractivity contribution is -0.146. The van der Waals surface area contributed by atoms with Gasteiger partial charge in [-0.05, 0) is 6.42 Å². The third kappa shape index (κ3) is 8.31. The van der Waals surface area contributed by atoms with E-state index in [1.807, 2.05) is 0 Å². The second-order valence-electron chi connectivity index (χ2n) is 3.16. The molecule has 0 spiro atoms. The molecular formula is C11H17O7P. The summed E-state index contributed by atoms with van der Waals surface area (Å²) >= 11 is 0. The van der Waals surface area contributed by atoms with Crippen LogP contribution in [0.15, 0.2) is 25.3 Å². The van der Waals surface area contributed by atoms with Crippen molar-refractivity contribution >= 4 is 19.5 Å². The fourth-order valence-electron chi connectivity index (χ4n) is 0.888. The molecule has 0 aromatic carbocycles. The molecule has 19 heavy (non-hydrogen) atoms. The molecule has 0 saturated heterocycles. The number of carbonyl (C=O) groups excluding carboxylic acids is 2. The number of rotatable bonds is 10. The molecule has 0 saturated carbocycles. The van der Waals surface area contributed by atoms with Crippen molar-refractivity contribution in [1.29, 1.82) is 0 Å². The van der Waals surface area contributed by atoms with Crippen LogP contribution in [0.2, 0.25) is 0 Å². The van der Waals surface area contributed by atoms with Crippen LogP contribution in [0.3, 0.4) is 0 Å². The molecular weight excluding hydrogens is 275 g/mol. The predicted molar refractivity (Wildman–Crippen MR) is 67.2 cm³/mol. The SMILES string of the molecule is C=CC(=O)OCOP(=O)(CCC)OCOC(=O)C=C. The normalized spacial score (nSPS) is 10.6. The first-order chi connectivity index (χ1) is 8.97. The minimum Gasteiger partial charge on any atom is -0.435 e. The number of ether oxygens (including phenoxy) is 2. The highest BCUT2D eigenvalue weighted by atomic mass is 31.2. The zero-order valence-corrected chi connectivity index (χ0v) is 11.6. The van der Waals surface area contributed by atoms with E-state index in [-0.39, 0.29) is 6.16 Å². The minimum absolute atomic E-state index is 0.101. The quantitative estimate of drug-likeness (QED) is 0.263. The van der Waals surface area contributed by atoms with Crippen molar-refractivity contribution in [1.82, 2.24) is 0 Å². The van der Waals surface area contributed by atoms with Crippen molar-refractivity contribution in [3.8, 4) is 0 Å². The zero-order valence-electron chi connectivity index (χ0n) is 10.7. The number of hydrogen-bond donors (Lipinski definition) is 0. The smallest absolute Gasteiger partial charge is 0.336 e. The van der Waals surface area contributed by atoms with E-state index in [9.17, 15) is 14.2 Å². The summed E-state index contributed by atoms with van der Waals surface area (Å²) in [5, 5.41) is 0. The van der Waals surface area contributed by atoms with E-state index in [1.165, 1.54) is 0 Å². The van der Waals surface area contributed by atoms with E-state index in [2.05, 4.69) is 22.6 Å². The first-order valence-corrected chi connectivity index (χ1v) is 7.16. The highest BCUT2D eigenvalue weighted by Gasteiger charge is 2.24. The van der Waals surface area contributed by atoms with Crippen LogP contribution in [-0.4, -0.2) is 31.7 Å². The fraction of sp³-hybridized carbons (Fsp3) is 0.455. The van der Waals surface area contributed by atoms with Crippen LogP contribution in [0.1, 0.15) is 13.3 Å². The van der Waals surface area contributed by atoms with Crippen molar-refractivity contribution in [2.75, 3.05) is 19.7 Å². The molecule has 0 aliphatic rings. The summed E-state index contributed by atoms with van der Waals surface area (Å²) in [6.07, 6.45) is 2.51. The van der Waals surface area contributed by atoms with Crippen molar-refractivity contribution in [3.05, 3.63) is 25.3 Å². The van der Waals surface area contributed by atoms with E-state index >= 15 is 0 Å². The van der Waals surface area contributed by atoms with Gasteiger partial charge in [0.2, 0.25) is 13.6 Å². The summed E-state index contributed by atoms with van der Waals surface area (Å²) in [5.41, 5.74) is 0. The maximum Gasteiger partial charge on any atom is 0.336 e. The molecule has 0 unspecified atom stereocenters. The van der Waals surface area contributed by atoms with E-state index in [4.69, 9.17) is 9.05 Å². The van der Waals surface area contributed by atoms with E-state index in [1.54, 1.807) is 6.92 Å². The topological polar surface area (TPSA) is 88.1 Å². The molecule has 0 bridgehead atoms. The highest BCUT2D eigenvalue weighted by molar-refractivity contribution is 7.53. The number of esters is 2. The van der Waals surface area contributed by atoms with Crippen LogP contribution < -0.4 is 0 Å². The lowest BCUT2D eigenvalue weighted by Gasteiger charge is -2.17. The molecule has 0 heterocycles. The van der Waals surface area contributed by atoms with Gasteiger partial charge in [0.25, 0.3) is 0 Å². The summed E-state index contributed by atoms with van der Waals surface area (Å²) in [6, 6.07) is 0. The Morgan fingerprint density at radius 2 is 1.47 bits per heavy atom. The first kappa shape index (κ1) is 17.6. The van der Waals surface area contributed by atoms with Crippen LogP contribution in [0.5, 0.6) is 0 Å². The minimum atomic E-state index is -3.48. The van der Waals surface area contributed by atoms with Crippen molar-refractivity contribution in [2.24, 2.45) is 0 Å². The Kier molecular flexibility index (Phi) is 8.78. The van der Waals surface area contributed by atoms with Crippen LogP contribution in [0.4, 0.5) is 0 Å². The van der Waals surface area contributed by atoms with Gasteiger partial charge in [-0.2, -0.15) is 0 Å². The Morgan fingerprint density at radius 3 is 1.79 bits per heavy atom. The van der Waals surface area contributed by atoms with Gasteiger partial charge in [-0.1, -0.05) is 20.1 Å². The third-order valence-electron chi connectivity index (χ3n) is 1.73. The molecule has 0 amide bonds. The molecule has 0 fully saturated rings. The van der Waals surface area contributed by atoms with Crippen molar-refractivity contribution in [2.45, 2.75) is 13.3 Å². The molecule has 0 radical (unpaired) electrons. The van der Waals surface area contributed by atoms with Crippen molar-refractivity contribution in [3.63, 3.8) is 0 Å². The summed E-state index contributed by atoms with van der Waals surface area (Å²) in [5.74, 6) is -1.41. The maximum absolute atomic E-state index is 12.1. The lowest BCUT2D eigenvalue weighted by Crippen LogP contribution is -2.10. The fourth-order valence-corrected chi connectivity index (χ4v) is 2.19. The van der Waals surface area contributed by atoms with E-state index in [0.29, 0.717) is 6.42 Å². The van der Waals surface area contributed by atoms with Gasteiger partial charge >= 0.3 is 19.5 Å². The monoisotopic (exact) mass is 292 g/mol. The second-order valence-corrected chi connectivity index (χ2v) is 5.35. The highest BCUT2D eigenvalue weighted by Crippen LogP contribution is 2.48. The summed E-state index contributed by atoms with van der Waals surface area (Å²) < 4.78 is 30.9. The molecule has 8 heteroatoms. The van der Waals surface area contributed by atoms with Gasteiger partial charge in [-0.15, -0.1) is 0 Å².